The maximum atomic E-state index is 13.2. The number of H-pyrrole nitrogens is 1. The van der Waals surface area contributed by atoms with Crippen molar-refractivity contribution < 1.29 is 18.9 Å². The van der Waals surface area contributed by atoms with Gasteiger partial charge in [0.1, 0.15) is 0 Å². The first kappa shape index (κ1) is 23.4. The van der Waals surface area contributed by atoms with Crippen LogP contribution in [0, 0.1) is 0 Å². The number of hydrogen-bond donors (Lipinski definition) is 1. The molecule has 0 spiro atoms. The molecule has 0 bridgehead atoms. The Bertz CT molecular complexity index is 1440. The number of ether oxygens (including phenoxy) is 4. The molecule has 0 fully saturated rings. The number of fused-ring (bicyclic) bond motifs is 3. The van der Waals surface area contributed by atoms with Gasteiger partial charge in [-0.3, -0.25) is 9.78 Å². The van der Waals surface area contributed by atoms with Crippen LogP contribution in [0.4, 0.5) is 0 Å². The van der Waals surface area contributed by atoms with Crippen molar-refractivity contribution in [3.8, 4) is 23.0 Å². The molecule has 34 heavy (non-hydrogen) atoms. The summed E-state index contributed by atoms with van der Waals surface area (Å²) in [5.41, 5.74) is 4.27. The fourth-order valence-corrected chi connectivity index (χ4v) is 4.53. The minimum absolute atomic E-state index is 0. The Morgan fingerprint density at radius 3 is 2.26 bits per heavy atom. The molecule has 5 rings (SSSR count). The Hall–Kier alpha value is -3.74. The fraction of sp³-hybridized carbons (Fsp3) is 0.333. The monoisotopic (exact) mass is 462 g/mol. The summed E-state index contributed by atoms with van der Waals surface area (Å²) < 4.78 is 22.1. The van der Waals surface area contributed by atoms with Crippen molar-refractivity contribution in [2.45, 2.75) is 40.5 Å². The van der Waals surface area contributed by atoms with Gasteiger partial charge >= 0.3 is 0 Å². The average Bonchev–Trinajstić information content (AvgIpc) is 3.29. The lowest BCUT2D eigenvalue weighted by atomic mass is 9.95. The van der Waals surface area contributed by atoms with Crippen LogP contribution < -0.4 is 24.5 Å². The number of nitrogens with one attached hydrogen (secondary N) is 1. The van der Waals surface area contributed by atoms with Crippen LogP contribution in [0.5, 0.6) is 23.0 Å². The molecule has 1 N–H and O–H groups in total. The van der Waals surface area contributed by atoms with Gasteiger partial charge in [-0.25, -0.2) is 0 Å². The Morgan fingerprint density at radius 1 is 0.941 bits per heavy atom. The summed E-state index contributed by atoms with van der Waals surface area (Å²) in [6.45, 7) is 4.31. The summed E-state index contributed by atoms with van der Waals surface area (Å²) in [4.78, 5) is 21.2. The van der Waals surface area contributed by atoms with Crippen LogP contribution in [-0.4, -0.2) is 31.0 Å². The van der Waals surface area contributed by atoms with Gasteiger partial charge in [0.15, 0.2) is 23.0 Å². The highest BCUT2D eigenvalue weighted by Gasteiger charge is 2.19. The van der Waals surface area contributed by atoms with Gasteiger partial charge in [-0.05, 0) is 48.1 Å². The van der Waals surface area contributed by atoms with E-state index in [-0.39, 0.29) is 19.8 Å². The number of hydrogen-bond acceptors (Lipinski definition) is 6. The van der Waals surface area contributed by atoms with E-state index >= 15 is 0 Å². The van der Waals surface area contributed by atoms with Crippen molar-refractivity contribution >= 4 is 21.7 Å². The third-order valence-corrected chi connectivity index (χ3v) is 6.25. The molecule has 7 nitrogen and oxygen atoms in total. The Balaban J connectivity index is 0.00000274. The highest BCUT2D eigenvalue weighted by molar-refractivity contribution is 5.91. The highest BCUT2D eigenvalue weighted by Crippen LogP contribution is 2.37. The third kappa shape index (κ3) is 3.81. The smallest absolute Gasteiger partial charge is 0.252 e. The number of aromatic nitrogens is 2. The minimum atomic E-state index is -0.0978. The molecule has 178 valence electrons. The molecule has 2 aromatic carbocycles. The molecule has 0 saturated carbocycles. The van der Waals surface area contributed by atoms with Crippen molar-refractivity contribution in [1.29, 1.82) is 0 Å². The van der Waals surface area contributed by atoms with Crippen LogP contribution >= 0.6 is 0 Å². The molecular formula is C27H30N2O5. The second kappa shape index (κ2) is 9.25. The topological polar surface area (TPSA) is 82.7 Å². The van der Waals surface area contributed by atoms with Crippen molar-refractivity contribution in [2.75, 3.05) is 21.0 Å². The second-order valence-corrected chi connectivity index (χ2v) is 8.04. The number of rotatable bonds is 6. The SMILES string of the molecule is C.CCc1nc2cc3c(cc2cc1Cc1c(=O)[nH]c(CC)c2cc(OC)c(OC)cc12)OCO3. The Morgan fingerprint density at radius 2 is 1.62 bits per heavy atom. The maximum absolute atomic E-state index is 13.2. The van der Waals surface area contributed by atoms with E-state index in [0.29, 0.717) is 41.4 Å². The van der Waals surface area contributed by atoms with Crippen LogP contribution in [0.2, 0.25) is 0 Å². The van der Waals surface area contributed by atoms with E-state index in [2.05, 4.69) is 18.0 Å². The molecule has 0 atom stereocenters. The van der Waals surface area contributed by atoms with E-state index in [4.69, 9.17) is 23.9 Å². The van der Waals surface area contributed by atoms with Gasteiger partial charge in [0, 0.05) is 40.2 Å². The summed E-state index contributed by atoms with van der Waals surface area (Å²) in [5.74, 6) is 2.66. The predicted molar refractivity (Wildman–Crippen MR) is 134 cm³/mol. The summed E-state index contributed by atoms with van der Waals surface area (Å²) in [7, 11) is 3.21. The van der Waals surface area contributed by atoms with Gasteiger partial charge in [0.25, 0.3) is 5.56 Å². The zero-order chi connectivity index (χ0) is 23.1. The number of nitrogens with zero attached hydrogens (tertiary/aromatic N) is 1. The molecular weight excluding hydrogens is 432 g/mol. The van der Waals surface area contributed by atoms with E-state index in [1.807, 2.05) is 31.2 Å². The highest BCUT2D eigenvalue weighted by atomic mass is 16.7. The summed E-state index contributed by atoms with van der Waals surface area (Å²) in [6, 6.07) is 9.80. The van der Waals surface area contributed by atoms with Gasteiger partial charge < -0.3 is 23.9 Å². The molecule has 0 unspecified atom stereocenters. The molecule has 1 aliphatic heterocycles. The van der Waals surface area contributed by atoms with Crippen molar-refractivity contribution in [2.24, 2.45) is 0 Å². The molecule has 0 radical (unpaired) electrons. The van der Waals surface area contributed by atoms with Crippen molar-refractivity contribution in [3.63, 3.8) is 0 Å². The van der Waals surface area contributed by atoms with E-state index in [1.54, 1.807) is 14.2 Å². The van der Waals surface area contributed by atoms with E-state index in [1.165, 1.54) is 0 Å². The lowest BCUT2D eigenvalue weighted by Crippen LogP contribution is -2.17. The molecule has 0 amide bonds. The average molecular weight is 463 g/mol. The zero-order valence-corrected chi connectivity index (χ0v) is 19.2. The van der Waals surface area contributed by atoms with Crippen LogP contribution in [0.25, 0.3) is 21.7 Å². The Kier molecular flexibility index (Phi) is 6.37. The molecule has 7 heteroatoms. The third-order valence-electron chi connectivity index (χ3n) is 6.25. The predicted octanol–water partition coefficient (Wildman–Crippen LogP) is 5.17. The summed E-state index contributed by atoms with van der Waals surface area (Å²) in [5, 5.41) is 2.78. The van der Waals surface area contributed by atoms with E-state index < -0.39 is 0 Å². The molecule has 4 aromatic rings. The van der Waals surface area contributed by atoms with Crippen molar-refractivity contribution in [1.82, 2.24) is 9.97 Å². The molecule has 1 aliphatic rings. The van der Waals surface area contributed by atoms with Crippen molar-refractivity contribution in [3.05, 3.63) is 63.2 Å². The molecule has 0 saturated heterocycles. The molecule has 2 aromatic heterocycles. The summed E-state index contributed by atoms with van der Waals surface area (Å²) >= 11 is 0. The van der Waals surface area contributed by atoms with Crippen LogP contribution in [0.15, 0.2) is 35.1 Å². The van der Waals surface area contributed by atoms with Gasteiger partial charge in [0.2, 0.25) is 6.79 Å². The number of methoxy groups -OCH3 is 2. The van der Waals surface area contributed by atoms with Gasteiger partial charge in [-0.1, -0.05) is 21.3 Å². The number of aromatic amines is 1. The number of benzene rings is 2. The van der Waals surface area contributed by atoms with E-state index in [0.717, 1.165) is 45.0 Å². The maximum Gasteiger partial charge on any atom is 0.252 e. The van der Waals surface area contributed by atoms with Gasteiger partial charge in [0.05, 0.1) is 19.7 Å². The molecule has 0 aliphatic carbocycles. The number of aryl methyl sites for hydroxylation is 2. The van der Waals surface area contributed by atoms with Crippen LogP contribution in [0.1, 0.15) is 43.8 Å². The fourth-order valence-electron chi connectivity index (χ4n) is 4.53. The molecule has 3 heterocycles. The van der Waals surface area contributed by atoms with Gasteiger partial charge in [-0.2, -0.15) is 0 Å². The quantitative estimate of drug-likeness (QED) is 0.425. The zero-order valence-electron chi connectivity index (χ0n) is 19.2. The normalized spacial score (nSPS) is 12.1. The van der Waals surface area contributed by atoms with Gasteiger partial charge in [-0.15, -0.1) is 0 Å². The second-order valence-electron chi connectivity index (χ2n) is 8.04. The Labute approximate surface area is 198 Å². The summed E-state index contributed by atoms with van der Waals surface area (Å²) in [6.07, 6.45) is 1.90. The first-order valence-electron chi connectivity index (χ1n) is 11.1. The lowest BCUT2D eigenvalue weighted by molar-refractivity contribution is 0.174. The first-order chi connectivity index (χ1) is 16.1. The van der Waals surface area contributed by atoms with E-state index in [9.17, 15) is 4.79 Å². The largest absolute Gasteiger partial charge is 0.493 e. The lowest BCUT2D eigenvalue weighted by Gasteiger charge is -2.15. The minimum Gasteiger partial charge on any atom is -0.493 e. The van der Waals surface area contributed by atoms with Crippen LogP contribution in [-0.2, 0) is 19.3 Å². The number of pyridine rings is 2. The first-order valence-corrected chi connectivity index (χ1v) is 11.1. The standard InChI is InChI=1S/C26H26N2O5.CH4/c1-5-19-14(7-15-9-24-25(33-13-32-24)12-21(15)27-19)8-18-16-10-22(30-3)23(31-4)11-17(16)20(6-2)28-26(18)29;/h7,9-12H,5-6,8,13H2,1-4H3,(H,28,29);1H4. The van der Waals surface area contributed by atoms with Crippen LogP contribution in [0.3, 0.4) is 0 Å².